The van der Waals surface area contributed by atoms with Crippen LogP contribution in [-0.2, 0) is 6.42 Å². The molecule has 2 aromatic carbocycles. The molecule has 3 atom stereocenters. The zero-order chi connectivity index (χ0) is 17.9. The second kappa shape index (κ2) is 7.60. The van der Waals surface area contributed by atoms with E-state index in [2.05, 4.69) is 23.6 Å². The van der Waals surface area contributed by atoms with Crippen LogP contribution in [0.3, 0.4) is 0 Å². The monoisotopic (exact) mass is 367 g/mol. The van der Waals surface area contributed by atoms with Gasteiger partial charge in [-0.25, -0.2) is 4.39 Å². The van der Waals surface area contributed by atoms with Crippen LogP contribution in [0.4, 0.5) is 4.39 Å². The normalized spacial score (nSPS) is 20.4. The lowest BCUT2D eigenvalue weighted by molar-refractivity contribution is 0.107. The molecule has 4 rings (SSSR count). The molecule has 0 saturated carbocycles. The minimum atomic E-state index is -0.256. The van der Waals surface area contributed by atoms with Crippen LogP contribution in [0.1, 0.15) is 34.4 Å². The number of hydrogen-bond donors (Lipinski definition) is 1. The lowest BCUT2D eigenvalue weighted by Gasteiger charge is -2.37. The number of aryl methyl sites for hydroxylation is 1. The van der Waals surface area contributed by atoms with Gasteiger partial charge in [0.15, 0.2) is 0 Å². The molecule has 1 aliphatic carbocycles. The number of fused-ring (bicyclic) bond motifs is 1. The van der Waals surface area contributed by atoms with Crippen molar-refractivity contribution in [2.45, 2.75) is 24.9 Å². The molecule has 4 heteroatoms. The lowest BCUT2D eigenvalue weighted by Crippen LogP contribution is -2.32. The van der Waals surface area contributed by atoms with Gasteiger partial charge in [0.05, 0.1) is 0 Å². The number of hydrogen-bond acceptors (Lipinski definition) is 3. The molecule has 0 fully saturated rings. The van der Waals surface area contributed by atoms with E-state index in [1.54, 1.807) is 12.1 Å². The van der Waals surface area contributed by atoms with E-state index in [4.69, 9.17) is 10.5 Å². The molecule has 0 spiro atoms. The maximum atomic E-state index is 13.3. The van der Waals surface area contributed by atoms with Crippen LogP contribution in [0.5, 0.6) is 5.75 Å². The Kier molecular flexibility index (Phi) is 5.05. The summed E-state index contributed by atoms with van der Waals surface area (Å²) < 4.78 is 19.7. The average molecular weight is 367 g/mol. The third-order valence-electron chi connectivity index (χ3n) is 5.25. The highest BCUT2D eigenvalue weighted by molar-refractivity contribution is 7.10. The van der Waals surface area contributed by atoms with Crippen molar-refractivity contribution >= 4 is 11.3 Å². The summed E-state index contributed by atoms with van der Waals surface area (Å²) in [6, 6.07) is 18.8. The summed E-state index contributed by atoms with van der Waals surface area (Å²) in [6.45, 7) is 0.602. The van der Waals surface area contributed by atoms with E-state index in [1.807, 2.05) is 29.5 Å². The van der Waals surface area contributed by atoms with Gasteiger partial charge in [-0.15, -0.1) is 11.3 Å². The van der Waals surface area contributed by atoms with Crippen LogP contribution in [0.25, 0.3) is 0 Å². The first kappa shape index (κ1) is 17.3. The molecule has 3 aromatic rings. The Morgan fingerprint density at radius 1 is 1.08 bits per heavy atom. The van der Waals surface area contributed by atoms with Gasteiger partial charge in [-0.1, -0.05) is 30.3 Å². The highest BCUT2D eigenvalue weighted by Gasteiger charge is 2.36. The van der Waals surface area contributed by atoms with Crippen LogP contribution in [0.15, 0.2) is 66.0 Å². The fraction of sp³-hybridized carbons (Fsp3) is 0.273. The second-order valence-electron chi connectivity index (χ2n) is 6.75. The van der Waals surface area contributed by atoms with E-state index in [0.717, 1.165) is 18.4 Å². The van der Waals surface area contributed by atoms with Gasteiger partial charge in [-0.3, -0.25) is 0 Å². The Labute approximate surface area is 157 Å². The fourth-order valence-electron chi connectivity index (χ4n) is 3.98. The van der Waals surface area contributed by atoms with Gasteiger partial charge in [0.25, 0.3) is 0 Å². The van der Waals surface area contributed by atoms with E-state index < -0.39 is 0 Å². The molecule has 1 heterocycles. The largest absolute Gasteiger partial charge is 0.485 e. The topological polar surface area (TPSA) is 35.2 Å². The summed E-state index contributed by atoms with van der Waals surface area (Å²) in [5.74, 6) is 0.992. The van der Waals surface area contributed by atoms with Crippen LogP contribution >= 0.6 is 11.3 Å². The number of halogens is 1. The van der Waals surface area contributed by atoms with Crippen molar-refractivity contribution in [2.24, 2.45) is 11.7 Å². The first-order valence-electron chi connectivity index (χ1n) is 9.00. The molecule has 26 heavy (non-hydrogen) atoms. The van der Waals surface area contributed by atoms with Gasteiger partial charge in [0.1, 0.15) is 17.7 Å². The molecule has 134 valence electrons. The first-order valence-corrected chi connectivity index (χ1v) is 9.87. The maximum Gasteiger partial charge on any atom is 0.127 e. The molecule has 1 aromatic heterocycles. The van der Waals surface area contributed by atoms with Crippen molar-refractivity contribution in [1.82, 2.24) is 0 Å². The molecule has 0 aliphatic heterocycles. The van der Waals surface area contributed by atoms with Crippen LogP contribution in [-0.4, -0.2) is 6.54 Å². The van der Waals surface area contributed by atoms with E-state index in [0.29, 0.717) is 12.3 Å². The molecular weight excluding hydrogens is 345 g/mol. The minimum Gasteiger partial charge on any atom is -0.485 e. The van der Waals surface area contributed by atoms with E-state index in [9.17, 15) is 4.39 Å². The summed E-state index contributed by atoms with van der Waals surface area (Å²) in [6.07, 6.45) is 1.99. The number of rotatable bonds is 5. The first-order chi connectivity index (χ1) is 12.8. The van der Waals surface area contributed by atoms with E-state index in [-0.39, 0.29) is 23.8 Å². The van der Waals surface area contributed by atoms with Gasteiger partial charge in [-0.2, -0.15) is 0 Å². The highest BCUT2D eigenvalue weighted by Crippen LogP contribution is 2.45. The summed E-state index contributed by atoms with van der Waals surface area (Å²) in [5.41, 5.74) is 8.71. The Balaban J connectivity index is 1.69. The zero-order valence-electron chi connectivity index (χ0n) is 14.5. The van der Waals surface area contributed by atoms with Gasteiger partial charge in [0, 0.05) is 16.7 Å². The number of ether oxygens (including phenoxy) is 1. The van der Waals surface area contributed by atoms with Crippen molar-refractivity contribution in [3.63, 3.8) is 0 Å². The third kappa shape index (κ3) is 3.39. The summed E-state index contributed by atoms with van der Waals surface area (Å²) in [4.78, 5) is 1.45. The zero-order valence-corrected chi connectivity index (χ0v) is 15.3. The average Bonchev–Trinajstić information content (AvgIpc) is 3.16. The third-order valence-corrected chi connectivity index (χ3v) is 6.25. The molecule has 1 aliphatic rings. The maximum absolute atomic E-state index is 13.3. The smallest absolute Gasteiger partial charge is 0.127 e. The Hall–Kier alpha value is -2.17. The van der Waals surface area contributed by atoms with Crippen molar-refractivity contribution in [3.8, 4) is 5.75 Å². The molecule has 0 bridgehead atoms. The van der Waals surface area contributed by atoms with Crippen molar-refractivity contribution in [1.29, 1.82) is 0 Å². The summed E-state index contributed by atoms with van der Waals surface area (Å²) in [5, 5.41) is 2.16. The van der Waals surface area contributed by atoms with E-state index in [1.165, 1.54) is 22.6 Å². The van der Waals surface area contributed by atoms with Gasteiger partial charge < -0.3 is 10.5 Å². The Morgan fingerprint density at radius 3 is 2.58 bits per heavy atom. The standard InChI is InChI=1S/C22H22FNOS/c23-16-6-8-17(9-7-16)25-22(15-4-2-1-3-5-15)19-10-11-21-18(12-13-26-21)20(19)14-24/h1-9,12-13,19-20,22H,10-11,14,24H2. The SMILES string of the molecule is NCC1c2ccsc2CCC1C(Oc1ccc(F)cc1)c1ccccc1. The predicted octanol–water partition coefficient (Wildman–Crippen LogP) is 5.31. The molecular formula is C22H22FNOS. The molecule has 2 N–H and O–H groups in total. The Morgan fingerprint density at radius 2 is 1.85 bits per heavy atom. The molecule has 0 saturated heterocycles. The molecule has 2 nitrogen and oxygen atoms in total. The van der Waals surface area contributed by atoms with Gasteiger partial charge >= 0.3 is 0 Å². The fourth-order valence-corrected chi connectivity index (χ4v) is 4.95. The van der Waals surface area contributed by atoms with E-state index >= 15 is 0 Å². The molecule has 3 unspecified atom stereocenters. The quantitative estimate of drug-likeness (QED) is 0.663. The molecule has 0 amide bonds. The van der Waals surface area contributed by atoms with Crippen LogP contribution in [0.2, 0.25) is 0 Å². The summed E-state index contributed by atoms with van der Waals surface area (Å²) in [7, 11) is 0. The van der Waals surface area contributed by atoms with Crippen molar-refractivity contribution in [3.05, 3.63) is 87.9 Å². The van der Waals surface area contributed by atoms with Crippen LogP contribution in [0, 0.1) is 11.7 Å². The minimum absolute atomic E-state index is 0.108. The lowest BCUT2D eigenvalue weighted by atomic mass is 9.74. The Bertz CT molecular complexity index is 846. The number of benzene rings is 2. The molecule has 0 radical (unpaired) electrons. The van der Waals surface area contributed by atoms with Gasteiger partial charge in [0.2, 0.25) is 0 Å². The van der Waals surface area contributed by atoms with Crippen LogP contribution < -0.4 is 10.5 Å². The number of nitrogens with two attached hydrogens (primary N) is 1. The highest BCUT2D eigenvalue weighted by atomic mass is 32.1. The number of thiophene rings is 1. The van der Waals surface area contributed by atoms with Crippen molar-refractivity contribution in [2.75, 3.05) is 6.54 Å². The predicted molar refractivity (Wildman–Crippen MR) is 104 cm³/mol. The summed E-state index contributed by atoms with van der Waals surface area (Å²) >= 11 is 1.82. The van der Waals surface area contributed by atoms with Gasteiger partial charge in [-0.05, 0) is 66.2 Å². The van der Waals surface area contributed by atoms with Crippen molar-refractivity contribution < 1.29 is 9.13 Å². The second-order valence-corrected chi connectivity index (χ2v) is 7.75.